The fourth-order valence-corrected chi connectivity index (χ4v) is 4.62. The third kappa shape index (κ3) is 3.84. The number of hydrogen-bond donors (Lipinski definition) is 1. The lowest BCUT2D eigenvalue weighted by atomic mass is 10.1. The largest absolute Gasteiger partial charge is 0.347 e. The topological polar surface area (TPSA) is 99.9 Å². The van der Waals surface area contributed by atoms with Gasteiger partial charge in [-0.3, -0.25) is 4.79 Å². The van der Waals surface area contributed by atoms with Crippen molar-refractivity contribution in [2.24, 2.45) is 0 Å². The number of pyridine rings is 1. The molecule has 1 amide bonds. The van der Waals surface area contributed by atoms with Crippen LogP contribution in [-0.2, 0) is 16.4 Å². The molecule has 0 saturated carbocycles. The molecule has 2 heterocycles. The number of rotatable bonds is 4. The number of thiophene rings is 1. The normalized spacial score (nSPS) is 11.3. The highest BCUT2D eigenvalue weighted by Crippen LogP contribution is 2.32. The van der Waals surface area contributed by atoms with Gasteiger partial charge in [0.2, 0.25) is 0 Å². The minimum atomic E-state index is -3.25. The van der Waals surface area contributed by atoms with Gasteiger partial charge in [0.05, 0.1) is 10.5 Å². The number of nitrogens with one attached hydrogen (secondary N) is 1. The number of sulfone groups is 1. The summed E-state index contributed by atoms with van der Waals surface area (Å²) in [5.41, 5.74) is 2.86. The summed E-state index contributed by atoms with van der Waals surface area (Å²) in [5, 5.41) is 13.0. The lowest BCUT2D eigenvalue weighted by Crippen LogP contribution is -2.22. The average Bonchev–Trinajstić information content (AvgIpc) is 2.98. The molecule has 27 heavy (non-hydrogen) atoms. The van der Waals surface area contributed by atoms with E-state index in [2.05, 4.69) is 16.4 Å². The molecule has 0 unspecified atom stereocenters. The highest BCUT2D eigenvalue weighted by Gasteiger charge is 2.20. The van der Waals surface area contributed by atoms with Gasteiger partial charge in [-0.2, -0.15) is 5.26 Å². The van der Waals surface area contributed by atoms with E-state index in [0.717, 1.165) is 28.5 Å². The Morgan fingerprint density at radius 3 is 2.52 bits per heavy atom. The molecular weight excluding hydrogens is 382 g/mol. The second-order valence-corrected chi connectivity index (χ2v) is 9.29. The molecule has 0 atom stereocenters. The van der Waals surface area contributed by atoms with Crippen molar-refractivity contribution in [2.75, 3.05) is 6.26 Å². The minimum absolute atomic E-state index is 0.228. The number of aromatic nitrogens is 1. The molecule has 3 aromatic rings. The quantitative estimate of drug-likeness (QED) is 0.726. The van der Waals surface area contributed by atoms with Crippen molar-refractivity contribution < 1.29 is 13.2 Å². The Kier molecular flexibility index (Phi) is 5.00. The third-order valence-corrected chi connectivity index (χ3v) is 6.32. The zero-order valence-corrected chi connectivity index (χ0v) is 16.7. The van der Waals surface area contributed by atoms with E-state index in [9.17, 15) is 18.5 Å². The predicted octanol–water partition coefficient (Wildman–Crippen LogP) is 3.12. The Balaban J connectivity index is 1.85. The standard InChI is InChI=1S/C19H17N3O3S2/c1-11-8-12(2)22-19-16(11)15(9-20)17(26-19)18(23)21-10-13-4-6-14(7-5-13)27(3,24)25/h4-8H,10H2,1-3H3,(H,21,23). The zero-order valence-electron chi connectivity index (χ0n) is 15.0. The summed E-state index contributed by atoms with van der Waals surface area (Å²) in [6, 6.07) is 10.3. The number of carbonyl (C=O) groups excluding carboxylic acids is 1. The second-order valence-electron chi connectivity index (χ2n) is 6.28. The van der Waals surface area contributed by atoms with Gasteiger partial charge in [0, 0.05) is 23.9 Å². The van der Waals surface area contributed by atoms with E-state index in [1.165, 1.54) is 23.5 Å². The van der Waals surface area contributed by atoms with Crippen LogP contribution in [0.15, 0.2) is 35.2 Å². The van der Waals surface area contributed by atoms with E-state index < -0.39 is 9.84 Å². The van der Waals surface area contributed by atoms with Crippen LogP contribution in [-0.4, -0.2) is 25.6 Å². The maximum atomic E-state index is 12.6. The molecule has 0 aliphatic rings. The van der Waals surface area contributed by atoms with Gasteiger partial charge in [-0.1, -0.05) is 12.1 Å². The summed E-state index contributed by atoms with van der Waals surface area (Å²) in [7, 11) is -3.25. The maximum Gasteiger partial charge on any atom is 0.263 e. The first-order valence-electron chi connectivity index (χ1n) is 8.08. The van der Waals surface area contributed by atoms with E-state index in [1.807, 2.05) is 19.9 Å². The van der Waals surface area contributed by atoms with Crippen molar-refractivity contribution >= 4 is 37.3 Å². The number of fused-ring (bicyclic) bond motifs is 1. The molecule has 3 rings (SSSR count). The zero-order chi connectivity index (χ0) is 19.8. The van der Waals surface area contributed by atoms with Gasteiger partial charge in [-0.05, 0) is 43.2 Å². The number of carbonyl (C=O) groups is 1. The van der Waals surface area contributed by atoms with Gasteiger partial charge in [-0.15, -0.1) is 11.3 Å². The lowest BCUT2D eigenvalue weighted by Gasteiger charge is -2.05. The summed E-state index contributed by atoms with van der Waals surface area (Å²) in [4.78, 5) is 18.3. The first kappa shape index (κ1) is 19.0. The molecule has 0 bridgehead atoms. The van der Waals surface area contributed by atoms with Crippen LogP contribution in [0, 0.1) is 25.2 Å². The Hall–Kier alpha value is -2.76. The molecule has 0 radical (unpaired) electrons. The number of benzene rings is 1. The maximum absolute atomic E-state index is 12.6. The molecule has 1 N–H and O–H groups in total. The predicted molar refractivity (Wildman–Crippen MR) is 105 cm³/mol. The summed E-state index contributed by atoms with van der Waals surface area (Å²) in [6.45, 7) is 4.00. The van der Waals surface area contributed by atoms with Crippen molar-refractivity contribution in [2.45, 2.75) is 25.3 Å². The van der Waals surface area contributed by atoms with E-state index in [4.69, 9.17) is 0 Å². The van der Waals surface area contributed by atoms with Gasteiger partial charge < -0.3 is 5.32 Å². The average molecular weight is 399 g/mol. The number of nitrogens with zero attached hydrogens (tertiary/aromatic N) is 2. The van der Waals surface area contributed by atoms with Crippen LogP contribution in [0.4, 0.5) is 0 Å². The molecule has 8 heteroatoms. The molecular formula is C19H17N3O3S2. The molecule has 0 aliphatic carbocycles. The molecule has 2 aromatic heterocycles. The van der Waals surface area contributed by atoms with E-state index in [-0.39, 0.29) is 17.3 Å². The highest BCUT2D eigenvalue weighted by atomic mass is 32.2. The van der Waals surface area contributed by atoms with Crippen molar-refractivity contribution in [1.29, 1.82) is 5.26 Å². The van der Waals surface area contributed by atoms with Gasteiger partial charge in [0.25, 0.3) is 5.91 Å². The second kappa shape index (κ2) is 7.10. The number of aryl methyl sites for hydroxylation is 2. The van der Waals surface area contributed by atoms with Crippen LogP contribution >= 0.6 is 11.3 Å². The van der Waals surface area contributed by atoms with Crippen molar-refractivity contribution in [1.82, 2.24) is 10.3 Å². The Labute approximate surface area is 161 Å². The van der Waals surface area contributed by atoms with Crippen LogP contribution in [0.2, 0.25) is 0 Å². The van der Waals surface area contributed by atoms with Gasteiger partial charge >= 0.3 is 0 Å². The first-order valence-corrected chi connectivity index (χ1v) is 10.8. The fourth-order valence-electron chi connectivity index (χ4n) is 2.83. The van der Waals surface area contributed by atoms with Gasteiger partial charge in [-0.25, -0.2) is 13.4 Å². The summed E-state index contributed by atoms with van der Waals surface area (Å²) in [5.74, 6) is -0.348. The van der Waals surface area contributed by atoms with Crippen molar-refractivity contribution in [3.63, 3.8) is 0 Å². The molecule has 0 aliphatic heterocycles. The molecule has 1 aromatic carbocycles. The fraction of sp³-hybridized carbons (Fsp3) is 0.211. The lowest BCUT2D eigenvalue weighted by molar-refractivity contribution is 0.0955. The molecule has 138 valence electrons. The third-order valence-electron chi connectivity index (χ3n) is 4.11. The first-order chi connectivity index (χ1) is 12.7. The Morgan fingerprint density at radius 2 is 1.93 bits per heavy atom. The van der Waals surface area contributed by atoms with Gasteiger partial charge in [0.15, 0.2) is 9.84 Å². The van der Waals surface area contributed by atoms with Crippen molar-refractivity contribution in [3.05, 3.63) is 57.6 Å². The molecule has 0 fully saturated rings. The number of amides is 1. The van der Waals surface area contributed by atoms with Crippen LogP contribution in [0.5, 0.6) is 0 Å². The monoisotopic (exact) mass is 399 g/mol. The minimum Gasteiger partial charge on any atom is -0.347 e. The van der Waals surface area contributed by atoms with Crippen molar-refractivity contribution in [3.8, 4) is 6.07 Å². The number of hydrogen-bond acceptors (Lipinski definition) is 6. The molecule has 0 spiro atoms. The van der Waals surface area contributed by atoms with Crippen LogP contribution in [0.25, 0.3) is 10.2 Å². The van der Waals surface area contributed by atoms with E-state index in [1.54, 1.807) is 12.1 Å². The SMILES string of the molecule is Cc1cc(C)c2c(C#N)c(C(=O)NCc3ccc(S(C)(=O)=O)cc3)sc2n1. The van der Waals surface area contributed by atoms with Gasteiger partial charge in [0.1, 0.15) is 15.8 Å². The number of nitriles is 1. The smallest absolute Gasteiger partial charge is 0.263 e. The molecule has 6 nitrogen and oxygen atoms in total. The van der Waals surface area contributed by atoms with Crippen LogP contribution in [0.1, 0.15) is 32.1 Å². The highest BCUT2D eigenvalue weighted by molar-refractivity contribution is 7.90. The molecule has 0 saturated heterocycles. The van der Waals surface area contributed by atoms with E-state index >= 15 is 0 Å². The Morgan fingerprint density at radius 1 is 1.26 bits per heavy atom. The summed E-state index contributed by atoms with van der Waals surface area (Å²) < 4.78 is 23.0. The summed E-state index contributed by atoms with van der Waals surface area (Å²) in [6.07, 6.45) is 1.15. The Bertz CT molecular complexity index is 1190. The van der Waals surface area contributed by atoms with Crippen LogP contribution in [0.3, 0.4) is 0 Å². The van der Waals surface area contributed by atoms with Crippen LogP contribution < -0.4 is 5.32 Å². The van der Waals surface area contributed by atoms with E-state index in [0.29, 0.717) is 15.3 Å². The summed E-state index contributed by atoms with van der Waals surface area (Å²) >= 11 is 1.20.